The Balaban J connectivity index is 2.91. The van der Waals surface area contributed by atoms with E-state index in [1.165, 1.54) is 0 Å². The minimum Gasteiger partial charge on any atom is -0.368 e. The molecular formula is C10H18N4. The Labute approximate surface area is 85.2 Å². The van der Waals surface area contributed by atoms with Gasteiger partial charge in [0.1, 0.15) is 5.82 Å². The highest BCUT2D eigenvalue weighted by molar-refractivity contribution is 5.42. The van der Waals surface area contributed by atoms with Gasteiger partial charge in [-0.25, -0.2) is 4.98 Å². The monoisotopic (exact) mass is 194 g/mol. The van der Waals surface area contributed by atoms with Crippen molar-refractivity contribution >= 4 is 11.8 Å². The van der Waals surface area contributed by atoms with E-state index < -0.39 is 0 Å². The lowest BCUT2D eigenvalue weighted by atomic mass is 10.3. The smallest absolute Gasteiger partial charge is 0.222 e. The van der Waals surface area contributed by atoms with Crippen molar-refractivity contribution in [3.8, 4) is 0 Å². The fourth-order valence-electron chi connectivity index (χ4n) is 1.44. The van der Waals surface area contributed by atoms with E-state index in [1.54, 1.807) is 0 Å². The molecule has 78 valence electrons. The van der Waals surface area contributed by atoms with Crippen LogP contribution in [0, 0.1) is 6.92 Å². The summed E-state index contributed by atoms with van der Waals surface area (Å²) in [6, 6.07) is 1.97. The molecule has 0 radical (unpaired) electrons. The van der Waals surface area contributed by atoms with Crippen LogP contribution in [0.25, 0.3) is 0 Å². The van der Waals surface area contributed by atoms with Crippen LogP contribution in [0.3, 0.4) is 0 Å². The van der Waals surface area contributed by atoms with Gasteiger partial charge < -0.3 is 10.6 Å². The summed E-state index contributed by atoms with van der Waals surface area (Å²) in [5, 5.41) is 0. The average molecular weight is 194 g/mol. The van der Waals surface area contributed by atoms with Gasteiger partial charge in [-0.05, 0) is 20.3 Å². The number of aromatic nitrogens is 2. The highest BCUT2D eigenvalue weighted by atomic mass is 15.2. The van der Waals surface area contributed by atoms with Crippen molar-refractivity contribution in [2.45, 2.75) is 27.2 Å². The molecule has 14 heavy (non-hydrogen) atoms. The van der Waals surface area contributed by atoms with Gasteiger partial charge in [0, 0.05) is 24.8 Å². The first kappa shape index (κ1) is 10.8. The third kappa shape index (κ3) is 2.58. The number of nitrogen functional groups attached to an aromatic ring is 1. The normalized spacial score (nSPS) is 10.2. The molecule has 0 fully saturated rings. The SMILES string of the molecule is CCCN(CC)c1cc(C)nc(N)n1. The predicted octanol–water partition coefficient (Wildman–Crippen LogP) is 1.60. The van der Waals surface area contributed by atoms with E-state index in [0.29, 0.717) is 5.95 Å². The summed E-state index contributed by atoms with van der Waals surface area (Å²) >= 11 is 0. The Morgan fingerprint density at radius 3 is 2.57 bits per heavy atom. The zero-order valence-corrected chi connectivity index (χ0v) is 9.12. The first-order valence-electron chi connectivity index (χ1n) is 5.03. The van der Waals surface area contributed by atoms with Gasteiger partial charge in [0.2, 0.25) is 5.95 Å². The van der Waals surface area contributed by atoms with Crippen LogP contribution in [0.5, 0.6) is 0 Å². The van der Waals surface area contributed by atoms with Crippen molar-refractivity contribution in [2.24, 2.45) is 0 Å². The van der Waals surface area contributed by atoms with Crippen LogP contribution in [-0.2, 0) is 0 Å². The third-order valence-electron chi connectivity index (χ3n) is 2.06. The molecule has 0 atom stereocenters. The topological polar surface area (TPSA) is 55.0 Å². The fourth-order valence-corrected chi connectivity index (χ4v) is 1.44. The molecule has 0 spiro atoms. The summed E-state index contributed by atoms with van der Waals surface area (Å²) in [5.74, 6) is 1.29. The second-order valence-electron chi connectivity index (χ2n) is 3.31. The molecule has 0 saturated heterocycles. The Morgan fingerprint density at radius 1 is 1.36 bits per heavy atom. The predicted molar refractivity (Wildman–Crippen MR) is 59.4 cm³/mol. The molecule has 0 aliphatic rings. The number of hydrogen-bond donors (Lipinski definition) is 1. The van der Waals surface area contributed by atoms with Crippen molar-refractivity contribution in [3.63, 3.8) is 0 Å². The third-order valence-corrected chi connectivity index (χ3v) is 2.06. The van der Waals surface area contributed by atoms with Gasteiger partial charge in [-0.3, -0.25) is 0 Å². The van der Waals surface area contributed by atoms with Crippen molar-refractivity contribution < 1.29 is 0 Å². The van der Waals surface area contributed by atoms with E-state index in [4.69, 9.17) is 5.73 Å². The van der Waals surface area contributed by atoms with Gasteiger partial charge in [-0.1, -0.05) is 6.92 Å². The first-order valence-corrected chi connectivity index (χ1v) is 5.03. The maximum absolute atomic E-state index is 5.60. The van der Waals surface area contributed by atoms with Gasteiger partial charge in [0.05, 0.1) is 0 Å². The molecule has 0 unspecified atom stereocenters. The molecule has 1 aromatic rings. The minimum absolute atomic E-state index is 0.356. The van der Waals surface area contributed by atoms with Gasteiger partial charge >= 0.3 is 0 Å². The molecule has 0 aromatic carbocycles. The molecule has 1 rings (SSSR count). The Bertz CT molecular complexity index is 278. The molecule has 0 bridgehead atoms. The van der Waals surface area contributed by atoms with Crippen molar-refractivity contribution in [1.29, 1.82) is 0 Å². The van der Waals surface area contributed by atoms with Crippen molar-refractivity contribution in [3.05, 3.63) is 11.8 Å². The number of hydrogen-bond acceptors (Lipinski definition) is 4. The second kappa shape index (κ2) is 4.79. The second-order valence-corrected chi connectivity index (χ2v) is 3.31. The molecule has 0 amide bonds. The highest BCUT2D eigenvalue weighted by Gasteiger charge is 2.06. The Kier molecular flexibility index (Phi) is 3.68. The summed E-state index contributed by atoms with van der Waals surface area (Å²) in [6.45, 7) is 8.15. The summed E-state index contributed by atoms with van der Waals surface area (Å²) in [7, 11) is 0. The van der Waals surface area contributed by atoms with Crippen LogP contribution >= 0.6 is 0 Å². The van der Waals surface area contributed by atoms with E-state index in [2.05, 4.69) is 28.7 Å². The number of nitrogens with two attached hydrogens (primary N) is 1. The molecule has 0 saturated carbocycles. The molecule has 1 aromatic heterocycles. The number of nitrogens with zero attached hydrogens (tertiary/aromatic N) is 3. The fraction of sp³-hybridized carbons (Fsp3) is 0.600. The molecule has 1 heterocycles. The van der Waals surface area contributed by atoms with Crippen molar-refractivity contribution in [1.82, 2.24) is 9.97 Å². The summed E-state index contributed by atoms with van der Waals surface area (Å²) in [6.07, 6.45) is 1.11. The first-order chi connectivity index (χ1) is 6.67. The standard InChI is InChI=1S/C10H18N4/c1-4-6-14(5-2)9-7-8(3)12-10(11)13-9/h7H,4-6H2,1-3H3,(H2,11,12,13). The molecular weight excluding hydrogens is 176 g/mol. The van der Waals surface area contributed by atoms with Crippen molar-refractivity contribution in [2.75, 3.05) is 23.7 Å². The molecule has 2 N–H and O–H groups in total. The lowest BCUT2D eigenvalue weighted by molar-refractivity contribution is 0.776. The lowest BCUT2D eigenvalue weighted by Crippen LogP contribution is -2.25. The highest BCUT2D eigenvalue weighted by Crippen LogP contribution is 2.13. The summed E-state index contributed by atoms with van der Waals surface area (Å²) in [4.78, 5) is 10.5. The van der Waals surface area contributed by atoms with Crippen LogP contribution < -0.4 is 10.6 Å². The van der Waals surface area contributed by atoms with Gasteiger partial charge in [0.15, 0.2) is 0 Å². The number of rotatable bonds is 4. The van der Waals surface area contributed by atoms with E-state index in [1.807, 2.05) is 13.0 Å². The zero-order valence-electron chi connectivity index (χ0n) is 9.12. The molecule has 0 aliphatic heterocycles. The van der Waals surface area contributed by atoms with Gasteiger partial charge in [-0.15, -0.1) is 0 Å². The van der Waals surface area contributed by atoms with Gasteiger partial charge in [-0.2, -0.15) is 4.98 Å². The van der Waals surface area contributed by atoms with E-state index >= 15 is 0 Å². The van der Waals surface area contributed by atoms with E-state index in [0.717, 1.165) is 31.0 Å². The quantitative estimate of drug-likeness (QED) is 0.791. The van der Waals surface area contributed by atoms with Crippen LogP contribution in [-0.4, -0.2) is 23.1 Å². The summed E-state index contributed by atoms with van der Waals surface area (Å²) < 4.78 is 0. The molecule has 4 nitrogen and oxygen atoms in total. The zero-order chi connectivity index (χ0) is 10.6. The largest absolute Gasteiger partial charge is 0.368 e. The van der Waals surface area contributed by atoms with E-state index in [-0.39, 0.29) is 0 Å². The number of aryl methyl sites for hydroxylation is 1. The Morgan fingerprint density at radius 2 is 2.07 bits per heavy atom. The lowest BCUT2D eigenvalue weighted by Gasteiger charge is -2.21. The van der Waals surface area contributed by atoms with E-state index in [9.17, 15) is 0 Å². The van der Waals surface area contributed by atoms with Crippen LogP contribution in [0.2, 0.25) is 0 Å². The maximum atomic E-state index is 5.60. The average Bonchev–Trinajstić information content (AvgIpc) is 2.12. The minimum atomic E-state index is 0.356. The molecule has 0 aliphatic carbocycles. The van der Waals surface area contributed by atoms with Crippen LogP contribution in [0.1, 0.15) is 26.0 Å². The van der Waals surface area contributed by atoms with Crippen LogP contribution in [0.15, 0.2) is 6.07 Å². The Hall–Kier alpha value is -1.32. The maximum Gasteiger partial charge on any atom is 0.222 e. The number of anilines is 2. The summed E-state index contributed by atoms with van der Waals surface area (Å²) in [5.41, 5.74) is 6.52. The molecule has 4 heteroatoms. The van der Waals surface area contributed by atoms with Crippen LogP contribution in [0.4, 0.5) is 11.8 Å². The van der Waals surface area contributed by atoms with Gasteiger partial charge in [0.25, 0.3) is 0 Å².